The molecule has 2 amide bonds. The molecule has 1 aromatic carbocycles. The van der Waals surface area contributed by atoms with Crippen LogP contribution in [0.4, 0.5) is 10.6 Å². The van der Waals surface area contributed by atoms with E-state index in [1.807, 2.05) is 28.6 Å². The van der Waals surface area contributed by atoms with Gasteiger partial charge in [-0.25, -0.2) is 9.48 Å². The van der Waals surface area contributed by atoms with Gasteiger partial charge < -0.3 is 9.64 Å². The van der Waals surface area contributed by atoms with Crippen LogP contribution in [-0.2, 0) is 11.3 Å². The van der Waals surface area contributed by atoms with Crippen LogP contribution >= 0.6 is 0 Å². The minimum atomic E-state index is -0.0591. The van der Waals surface area contributed by atoms with Crippen molar-refractivity contribution in [2.45, 2.75) is 33.2 Å². The number of likely N-dealkylation sites (tertiary alicyclic amines) is 1. The van der Waals surface area contributed by atoms with Crippen LogP contribution in [-0.4, -0.2) is 47.5 Å². The fourth-order valence-corrected chi connectivity index (χ4v) is 3.56. The van der Waals surface area contributed by atoms with Gasteiger partial charge in [0.05, 0.1) is 18.8 Å². The first-order valence-electron chi connectivity index (χ1n) is 9.20. The largest absolute Gasteiger partial charge is 0.384 e. The second kappa shape index (κ2) is 8.36. The molecule has 0 aliphatic carbocycles. The Morgan fingerprint density at radius 2 is 2.19 bits per heavy atom. The van der Waals surface area contributed by atoms with E-state index < -0.39 is 0 Å². The summed E-state index contributed by atoms with van der Waals surface area (Å²) in [4.78, 5) is 14.6. The highest BCUT2D eigenvalue weighted by Gasteiger charge is 2.24. The molecule has 140 valence electrons. The fraction of sp³-hybridized carbons (Fsp3) is 0.500. The molecule has 1 fully saturated rings. The molecule has 6 heteroatoms. The van der Waals surface area contributed by atoms with E-state index >= 15 is 0 Å². The molecule has 1 aromatic heterocycles. The molecule has 2 aromatic rings. The molecule has 1 atom stereocenters. The van der Waals surface area contributed by atoms with Crippen LogP contribution in [0.2, 0.25) is 0 Å². The van der Waals surface area contributed by atoms with E-state index in [4.69, 9.17) is 4.74 Å². The van der Waals surface area contributed by atoms with Crippen LogP contribution in [0.25, 0.3) is 0 Å². The maximum Gasteiger partial charge on any atom is 0.323 e. The molecule has 0 bridgehead atoms. The maximum absolute atomic E-state index is 12.7. The lowest BCUT2D eigenvalue weighted by molar-refractivity contribution is 0.104. The van der Waals surface area contributed by atoms with E-state index in [9.17, 15) is 4.79 Å². The highest BCUT2D eigenvalue weighted by molar-refractivity contribution is 5.88. The Labute approximate surface area is 155 Å². The first kappa shape index (κ1) is 18.5. The molecule has 1 aliphatic rings. The van der Waals surface area contributed by atoms with Gasteiger partial charge in [-0.3, -0.25) is 5.32 Å². The number of methoxy groups -OCH3 is 1. The van der Waals surface area contributed by atoms with Crippen LogP contribution in [0.5, 0.6) is 0 Å². The van der Waals surface area contributed by atoms with E-state index in [2.05, 4.69) is 35.5 Å². The van der Waals surface area contributed by atoms with Crippen molar-refractivity contribution in [3.8, 4) is 0 Å². The number of anilines is 1. The quantitative estimate of drug-likeness (QED) is 0.893. The number of nitrogens with one attached hydrogen (secondary N) is 1. The second-order valence-electron chi connectivity index (χ2n) is 7.16. The van der Waals surface area contributed by atoms with Gasteiger partial charge in [-0.15, -0.1) is 0 Å². The molecule has 0 saturated carbocycles. The number of urea groups is 1. The van der Waals surface area contributed by atoms with Gasteiger partial charge >= 0.3 is 6.03 Å². The van der Waals surface area contributed by atoms with Gasteiger partial charge in [0.25, 0.3) is 0 Å². The van der Waals surface area contributed by atoms with Crippen LogP contribution in [0.1, 0.15) is 29.7 Å². The third-order valence-electron chi connectivity index (χ3n) is 4.76. The standard InChI is InChI=1S/C20H28N4O2/c1-15-6-4-7-17(10-15)13-24-19(11-16(2)22-24)21-20(25)23-9-5-8-18(12-23)14-26-3/h4,6-7,10-11,18H,5,8-9,12-14H2,1-3H3,(H,21,25)/t18-/m1/s1. The number of nitrogens with zero attached hydrogens (tertiary/aromatic N) is 3. The number of aryl methyl sites for hydroxylation is 2. The number of rotatable bonds is 5. The smallest absolute Gasteiger partial charge is 0.323 e. The number of hydrogen-bond donors (Lipinski definition) is 1. The maximum atomic E-state index is 12.7. The number of carbonyl (C=O) groups excluding carboxylic acids is 1. The van der Waals surface area contributed by atoms with E-state index in [0.29, 0.717) is 19.1 Å². The van der Waals surface area contributed by atoms with Crippen LogP contribution < -0.4 is 5.32 Å². The second-order valence-corrected chi connectivity index (χ2v) is 7.16. The van der Waals surface area contributed by atoms with Crippen molar-refractivity contribution in [2.24, 2.45) is 5.92 Å². The number of benzene rings is 1. The lowest BCUT2D eigenvalue weighted by atomic mass is 9.99. The molecule has 1 saturated heterocycles. The summed E-state index contributed by atoms with van der Waals surface area (Å²) in [7, 11) is 1.71. The summed E-state index contributed by atoms with van der Waals surface area (Å²) in [6.07, 6.45) is 2.13. The average molecular weight is 356 g/mol. The Morgan fingerprint density at radius 1 is 1.35 bits per heavy atom. The first-order valence-corrected chi connectivity index (χ1v) is 9.20. The van der Waals surface area contributed by atoms with Gasteiger partial charge in [0, 0.05) is 32.2 Å². The van der Waals surface area contributed by atoms with Crippen LogP contribution in [0, 0.1) is 19.8 Å². The Kier molecular flexibility index (Phi) is 5.93. The van der Waals surface area contributed by atoms with E-state index in [0.717, 1.165) is 37.4 Å². The monoisotopic (exact) mass is 356 g/mol. The first-order chi connectivity index (χ1) is 12.5. The Balaban J connectivity index is 1.68. The molecular formula is C20H28N4O2. The van der Waals surface area contributed by atoms with Gasteiger partial charge in [0.15, 0.2) is 0 Å². The lowest BCUT2D eigenvalue weighted by Crippen LogP contribution is -2.43. The van der Waals surface area contributed by atoms with E-state index in [-0.39, 0.29) is 6.03 Å². The zero-order valence-electron chi connectivity index (χ0n) is 15.9. The minimum absolute atomic E-state index is 0.0591. The SMILES string of the molecule is COC[C@@H]1CCCN(C(=O)Nc2cc(C)nn2Cc2cccc(C)c2)C1. The summed E-state index contributed by atoms with van der Waals surface area (Å²) in [5.74, 6) is 1.15. The predicted molar refractivity (Wildman–Crippen MR) is 102 cm³/mol. The van der Waals surface area contributed by atoms with Gasteiger partial charge in [-0.2, -0.15) is 5.10 Å². The zero-order chi connectivity index (χ0) is 18.5. The van der Waals surface area contributed by atoms with Crippen molar-refractivity contribution in [3.63, 3.8) is 0 Å². The summed E-state index contributed by atoms with van der Waals surface area (Å²) in [6.45, 7) is 6.89. The molecule has 0 spiro atoms. The fourth-order valence-electron chi connectivity index (χ4n) is 3.56. The molecule has 26 heavy (non-hydrogen) atoms. The Bertz CT molecular complexity index is 754. The number of hydrogen-bond acceptors (Lipinski definition) is 3. The van der Waals surface area contributed by atoms with E-state index in [1.165, 1.54) is 11.1 Å². The number of amides is 2. The van der Waals surface area contributed by atoms with Crippen molar-refractivity contribution in [1.29, 1.82) is 0 Å². The zero-order valence-corrected chi connectivity index (χ0v) is 15.9. The summed E-state index contributed by atoms with van der Waals surface area (Å²) < 4.78 is 7.11. The van der Waals surface area contributed by atoms with Gasteiger partial charge in [-0.05, 0) is 32.3 Å². The number of carbonyl (C=O) groups is 1. The highest BCUT2D eigenvalue weighted by Crippen LogP contribution is 2.19. The summed E-state index contributed by atoms with van der Waals surface area (Å²) in [5, 5.41) is 7.59. The topological polar surface area (TPSA) is 59.4 Å². The molecule has 6 nitrogen and oxygen atoms in total. The van der Waals surface area contributed by atoms with Gasteiger partial charge in [0.2, 0.25) is 0 Å². The molecule has 2 heterocycles. The van der Waals surface area contributed by atoms with Crippen molar-refractivity contribution < 1.29 is 9.53 Å². The third kappa shape index (κ3) is 4.64. The van der Waals surface area contributed by atoms with Crippen molar-refractivity contribution in [1.82, 2.24) is 14.7 Å². The molecule has 0 radical (unpaired) electrons. The predicted octanol–water partition coefficient (Wildman–Crippen LogP) is 3.44. The van der Waals surface area contributed by atoms with Crippen molar-refractivity contribution in [3.05, 3.63) is 47.2 Å². The molecule has 0 unspecified atom stereocenters. The van der Waals surface area contributed by atoms with Crippen molar-refractivity contribution >= 4 is 11.8 Å². The summed E-state index contributed by atoms with van der Waals surface area (Å²) in [6, 6.07) is 10.2. The third-order valence-corrected chi connectivity index (χ3v) is 4.76. The molecular weight excluding hydrogens is 328 g/mol. The highest BCUT2D eigenvalue weighted by atomic mass is 16.5. The van der Waals surface area contributed by atoms with E-state index in [1.54, 1.807) is 7.11 Å². The Hall–Kier alpha value is -2.34. The Morgan fingerprint density at radius 3 is 2.96 bits per heavy atom. The van der Waals surface area contributed by atoms with Gasteiger partial charge in [-0.1, -0.05) is 29.8 Å². The molecule has 3 rings (SSSR count). The van der Waals surface area contributed by atoms with Gasteiger partial charge in [0.1, 0.15) is 5.82 Å². The molecule has 1 aliphatic heterocycles. The number of piperidine rings is 1. The van der Waals surface area contributed by atoms with Crippen LogP contribution in [0.3, 0.4) is 0 Å². The lowest BCUT2D eigenvalue weighted by Gasteiger charge is -2.32. The number of aromatic nitrogens is 2. The average Bonchev–Trinajstić information content (AvgIpc) is 2.94. The summed E-state index contributed by atoms with van der Waals surface area (Å²) in [5.41, 5.74) is 3.28. The van der Waals surface area contributed by atoms with Crippen LogP contribution in [0.15, 0.2) is 30.3 Å². The molecule has 1 N–H and O–H groups in total. The minimum Gasteiger partial charge on any atom is -0.384 e. The number of ether oxygens (including phenoxy) is 1. The normalized spacial score (nSPS) is 17.3. The summed E-state index contributed by atoms with van der Waals surface area (Å²) >= 11 is 0. The van der Waals surface area contributed by atoms with Crippen molar-refractivity contribution in [2.75, 3.05) is 32.1 Å².